The van der Waals surface area contributed by atoms with Crippen LogP contribution in [0, 0.1) is 62.6 Å². The molecule has 0 saturated heterocycles. The van der Waals surface area contributed by atoms with Crippen LogP contribution in [0.3, 0.4) is 0 Å². The van der Waals surface area contributed by atoms with Gasteiger partial charge in [0.2, 0.25) is 0 Å². The van der Waals surface area contributed by atoms with Crippen molar-refractivity contribution in [1.29, 1.82) is 0 Å². The van der Waals surface area contributed by atoms with E-state index in [4.69, 9.17) is 4.74 Å². The summed E-state index contributed by atoms with van der Waals surface area (Å²) in [4.78, 5) is 38.6. The van der Waals surface area contributed by atoms with E-state index in [1.54, 1.807) is 7.11 Å². The van der Waals surface area contributed by atoms with Crippen LogP contribution in [0.25, 0.3) is 0 Å². The quantitative estimate of drug-likeness (QED) is 0.245. The van der Waals surface area contributed by atoms with Gasteiger partial charge in [-0.15, -0.1) is 0 Å². The molecule has 5 rings (SSSR count). The van der Waals surface area contributed by atoms with Gasteiger partial charge >= 0.3 is 5.97 Å². The topological polar surface area (TPSA) is 60.4 Å². The molecule has 0 aromatic rings. The molecule has 5 aliphatic rings. The zero-order valence-corrected chi connectivity index (χ0v) is 23.9. The summed E-state index contributed by atoms with van der Waals surface area (Å²) < 4.78 is 5.50. The molecule has 0 spiro atoms. The molecule has 0 heterocycles. The number of methoxy groups -OCH3 is 1. The summed E-state index contributed by atoms with van der Waals surface area (Å²) in [5, 5.41) is 0. The average Bonchev–Trinajstić information content (AvgIpc) is 3.22. The zero-order valence-electron chi connectivity index (χ0n) is 23.9. The molecule has 0 aromatic carbocycles. The van der Waals surface area contributed by atoms with Crippen LogP contribution in [0.15, 0.2) is 11.6 Å². The second kappa shape index (κ2) is 8.03. The third-order valence-electron chi connectivity index (χ3n) is 13.4. The van der Waals surface area contributed by atoms with Gasteiger partial charge in [0.05, 0.1) is 18.1 Å². The van der Waals surface area contributed by atoms with Crippen molar-refractivity contribution in [3.8, 4) is 0 Å². The van der Waals surface area contributed by atoms with Crippen LogP contribution >= 0.6 is 0 Å². The lowest BCUT2D eigenvalue weighted by molar-refractivity contribution is -0.224. The van der Waals surface area contributed by atoms with Crippen molar-refractivity contribution in [2.75, 3.05) is 7.11 Å². The third-order valence-corrected chi connectivity index (χ3v) is 13.4. The molecule has 4 nitrogen and oxygen atoms in total. The van der Waals surface area contributed by atoms with E-state index in [0.717, 1.165) is 57.7 Å². The summed E-state index contributed by atoms with van der Waals surface area (Å²) in [6, 6.07) is 0. The standard InChI is InChI=1S/C32H48O4/c1-19(2)21-11-14-32(27(35)36-8)16-15-30(6)22(25(21)32)9-10-24-29(5)17-20(18-33)26(34)28(3,4)23(29)12-13-31(24,30)7/h17-19,21-25H,9-16H2,1-8H3/t21-,22+,23-,24+,25+,29-,30+,31+,32-/m0/s1. The number of allylic oxidation sites excluding steroid dienone is 2. The SMILES string of the molecule is COC(=O)[C@]12CC[C@@H](C(C)C)[C@@H]1[C@H]1CC[C@@H]3[C@@]4(C)C=C(C=O)C(=O)C(C)(C)[C@@H]4CC[C@@]3(C)[C@]1(C)CC2. The van der Waals surface area contributed by atoms with Gasteiger partial charge < -0.3 is 4.74 Å². The van der Waals surface area contributed by atoms with Gasteiger partial charge in [-0.05, 0) is 103 Å². The molecule has 0 amide bonds. The first-order valence-electron chi connectivity index (χ1n) is 14.6. The number of hydrogen-bond acceptors (Lipinski definition) is 4. The summed E-state index contributed by atoms with van der Waals surface area (Å²) >= 11 is 0. The van der Waals surface area contributed by atoms with Crippen LogP contribution in [-0.4, -0.2) is 25.1 Å². The Kier molecular flexibility index (Phi) is 5.83. The molecule has 4 saturated carbocycles. The van der Waals surface area contributed by atoms with E-state index < -0.39 is 5.41 Å². The Morgan fingerprint density at radius 3 is 2.25 bits per heavy atom. The van der Waals surface area contributed by atoms with E-state index in [9.17, 15) is 14.4 Å². The lowest BCUT2D eigenvalue weighted by atomic mass is 9.32. The van der Waals surface area contributed by atoms with E-state index in [0.29, 0.717) is 35.2 Å². The van der Waals surface area contributed by atoms with Gasteiger partial charge in [0.25, 0.3) is 0 Å². The Labute approximate surface area is 218 Å². The highest BCUT2D eigenvalue weighted by Gasteiger charge is 2.72. The number of fused-ring (bicyclic) bond motifs is 7. The fourth-order valence-corrected chi connectivity index (χ4v) is 11.6. The minimum absolute atomic E-state index is 0.0229. The molecule has 0 N–H and O–H groups in total. The normalized spacial score (nSPS) is 49.3. The van der Waals surface area contributed by atoms with E-state index >= 15 is 0 Å². The number of esters is 1. The third kappa shape index (κ3) is 2.96. The van der Waals surface area contributed by atoms with Gasteiger partial charge in [0, 0.05) is 5.41 Å². The molecule has 9 atom stereocenters. The fraction of sp³-hybridized carbons (Fsp3) is 0.844. The first-order chi connectivity index (χ1) is 16.7. The van der Waals surface area contributed by atoms with Gasteiger partial charge in [0.1, 0.15) is 0 Å². The summed E-state index contributed by atoms with van der Waals surface area (Å²) in [6.45, 7) is 16.3. The number of carbonyl (C=O) groups is 3. The van der Waals surface area contributed by atoms with Gasteiger partial charge in [-0.2, -0.15) is 0 Å². The minimum Gasteiger partial charge on any atom is -0.469 e. The van der Waals surface area contributed by atoms with Gasteiger partial charge in [0.15, 0.2) is 12.1 Å². The van der Waals surface area contributed by atoms with Crippen molar-refractivity contribution in [3.05, 3.63) is 11.6 Å². The lowest BCUT2D eigenvalue weighted by Gasteiger charge is -2.71. The van der Waals surface area contributed by atoms with Crippen LogP contribution < -0.4 is 0 Å². The Balaban J connectivity index is 1.61. The number of Topliss-reactive ketones (excluding diaryl/α,β-unsaturated/α-hetero) is 1. The van der Waals surface area contributed by atoms with Gasteiger partial charge in [-0.1, -0.05) is 54.5 Å². The highest BCUT2D eigenvalue weighted by Crippen LogP contribution is 2.77. The molecule has 5 aliphatic carbocycles. The number of ether oxygens (including phenoxy) is 1. The maximum absolute atomic E-state index is 13.4. The predicted molar refractivity (Wildman–Crippen MR) is 141 cm³/mol. The second-order valence-electron chi connectivity index (χ2n) is 14.9. The van der Waals surface area contributed by atoms with E-state index in [-0.39, 0.29) is 39.3 Å². The highest BCUT2D eigenvalue weighted by atomic mass is 16.5. The van der Waals surface area contributed by atoms with Crippen molar-refractivity contribution in [2.45, 2.75) is 99.8 Å². The number of aldehydes is 1. The molecule has 0 aromatic heterocycles. The van der Waals surface area contributed by atoms with Gasteiger partial charge in [-0.25, -0.2) is 0 Å². The number of hydrogen-bond donors (Lipinski definition) is 0. The molecule has 0 aliphatic heterocycles. The molecule has 4 heteroatoms. The fourth-order valence-electron chi connectivity index (χ4n) is 11.6. The summed E-state index contributed by atoms with van der Waals surface area (Å²) in [5.41, 5.74) is -0.377. The van der Waals surface area contributed by atoms with Crippen molar-refractivity contribution in [2.24, 2.45) is 62.6 Å². The molecule has 36 heavy (non-hydrogen) atoms. The monoisotopic (exact) mass is 496 g/mol. The zero-order chi connectivity index (χ0) is 26.5. The van der Waals surface area contributed by atoms with Crippen LogP contribution in [0.2, 0.25) is 0 Å². The first kappa shape index (κ1) is 26.2. The van der Waals surface area contributed by atoms with E-state index in [2.05, 4.69) is 54.5 Å². The second-order valence-corrected chi connectivity index (χ2v) is 14.9. The van der Waals surface area contributed by atoms with Gasteiger partial charge in [-0.3, -0.25) is 14.4 Å². The van der Waals surface area contributed by atoms with Crippen molar-refractivity contribution < 1.29 is 19.1 Å². The minimum atomic E-state index is -0.514. The molecule has 200 valence electrons. The maximum atomic E-state index is 13.4. The maximum Gasteiger partial charge on any atom is 0.312 e. The Hall–Kier alpha value is -1.45. The number of carbonyl (C=O) groups excluding carboxylic acids is 3. The smallest absolute Gasteiger partial charge is 0.312 e. The van der Waals surface area contributed by atoms with Crippen LogP contribution in [0.4, 0.5) is 0 Å². The first-order valence-corrected chi connectivity index (χ1v) is 14.6. The number of rotatable bonds is 3. The molecule has 0 unspecified atom stereocenters. The van der Waals surface area contributed by atoms with Crippen molar-refractivity contribution in [1.82, 2.24) is 0 Å². The van der Waals surface area contributed by atoms with Crippen LogP contribution in [0.1, 0.15) is 99.8 Å². The van der Waals surface area contributed by atoms with Crippen molar-refractivity contribution in [3.63, 3.8) is 0 Å². The average molecular weight is 497 g/mol. The lowest BCUT2D eigenvalue weighted by Crippen LogP contribution is -2.66. The molecular formula is C32H48O4. The summed E-state index contributed by atoms with van der Waals surface area (Å²) in [7, 11) is 1.58. The highest BCUT2D eigenvalue weighted by molar-refractivity contribution is 6.15. The van der Waals surface area contributed by atoms with Crippen LogP contribution in [-0.2, 0) is 19.1 Å². The molecule has 0 radical (unpaired) electrons. The van der Waals surface area contributed by atoms with E-state index in [1.165, 1.54) is 0 Å². The largest absolute Gasteiger partial charge is 0.469 e. The molecule has 0 bridgehead atoms. The van der Waals surface area contributed by atoms with E-state index in [1.807, 2.05) is 0 Å². The molecular weight excluding hydrogens is 448 g/mol. The number of ketones is 1. The van der Waals surface area contributed by atoms with Crippen molar-refractivity contribution >= 4 is 18.0 Å². The summed E-state index contributed by atoms with van der Waals surface area (Å²) in [6.07, 6.45) is 11.4. The Morgan fingerprint density at radius 1 is 0.944 bits per heavy atom. The Morgan fingerprint density at radius 2 is 1.64 bits per heavy atom. The molecule has 4 fully saturated rings. The summed E-state index contributed by atoms with van der Waals surface area (Å²) in [5.74, 6) is 2.76. The Bertz CT molecular complexity index is 1010. The predicted octanol–water partition coefficient (Wildman–Crippen LogP) is 6.81. The van der Waals surface area contributed by atoms with Crippen LogP contribution in [0.5, 0.6) is 0 Å².